The van der Waals surface area contributed by atoms with Crippen LogP contribution in [0.3, 0.4) is 0 Å². The molecule has 0 aliphatic rings. The van der Waals surface area contributed by atoms with E-state index in [2.05, 4.69) is 5.32 Å². The summed E-state index contributed by atoms with van der Waals surface area (Å²) in [6, 6.07) is 10.0. The maximum absolute atomic E-state index is 12.1. The third-order valence-corrected chi connectivity index (χ3v) is 3.24. The van der Waals surface area contributed by atoms with Crippen molar-refractivity contribution in [3.8, 4) is 17.6 Å². The number of methoxy groups -OCH3 is 1. The number of primary amides is 1. The van der Waals surface area contributed by atoms with E-state index in [0.29, 0.717) is 22.8 Å². The van der Waals surface area contributed by atoms with Crippen LogP contribution in [0.5, 0.6) is 11.5 Å². The first-order valence-corrected chi connectivity index (χ1v) is 7.55. The van der Waals surface area contributed by atoms with E-state index >= 15 is 0 Å². The van der Waals surface area contributed by atoms with Crippen LogP contribution in [0.4, 0.5) is 0 Å². The average Bonchev–Trinajstić information content (AvgIpc) is 3.16. The molecule has 0 aliphatic heterocycles. The molecule has 26 heavy (non-hydrogen) atoms. The number of hydrogen-bond acceptors (Lipinski definition) is 6. The van der Waals surface area contributed by atoms with Crippen molar-refractivity contribution >= 4 is 17.9 Å². The van der Waals surface area contributed by atoms with E-state index in [1.54, 1.807) is 30.3 Å². The lowest BCUT2D eigenvalue weighted by atomic mass is 10.1. The molecule has 1 aromatic heterocycles. The summed E-state index contributed by atoms with van der Waals surface area (Å²) in [4.78, 5) is 22.9. The maximum Gasteiger partial charge on any atom is 0.262 e. The van der Waals surface area contributed by atoms with E-state index in [1.807, 2.05) is 6.07 Å². The Labute approximate surface area is 149 Å². The van der Waals surface area contributed by atoms with Crippen LogP contribution in [0.1, 0.15) is 11.3 Å². The van der Waals surface area contributed by atoms with Crippen molar-refractivity contribution < 1.29 is 23.5 Å². The van der Waals surface area contributed by atoms with Crippen LogP contribution in [0.25, 0.3) is 6.08 Å². The van der Waals surface area contributed by atoms with E-state index in [9.17, 15) is 14.9 Å². The summed E-state index contributed by atoms with van der Waals surface area (Å²) in [7, 11) is 1.43. The molecule has 1 heterocycles. The predicted octanol–water partition coefficient (Wildman–Crippen LogP) is 1.38. The van der Waals surface area contributed by atoms with E-state index < -0.39 is 11.8 Å². The number of nitrogens with one attached hydrogen (secondary N) is 1. The van der Waals surface area contributed by atoms with Crippen LogP contribution in [-0.2, 0) is 16.1 Å². The molecule has 0 atom stereocenters. The Balaban J connectivity index is 2.13. The van der Waals surface area contributed by atoms with Crippen LogP contribution in [0.15, 0.2) is 46.6 Å². The second-order valence-electron chi connectivity index (χ2n) is 5.10. The number of ether oxygens (including phenoxy) is 2. The number of hydrogen-bond donors (Lipinski definition) is 2. The van der Waals surface area contributed by atoms with Gasteiger partial charge in [-0.3, -0.25) is 9.59 Å². The Morgan fingerprint density at radius 2 is 2.15 bits per heavy atom. The van der Waals surface area contributed by atoms with Gasteiger partial charge in [0.2, 0.25) is 0 Å². The van der Waals surface area contributed by atoms with Crippen molar-refractivity contribution in [3.05, 3.63) is 53.5 Å². The highest BCUT2D eigenvalue weighted by Crippen LogP contribution is 2.28. The minimum absolute atomic E-state index is 0.0792. The molecule has 134 valence electrons. The molecule has 8 nitrogen and oxygen atoms in total. The normalized spacial score (nSPS) is 10.7. The first-order valence-electron chi connectivity index (χ1n) is 7.55. The van der Waals surface area contributed by atoms with Gasteiger partial charge in [0.05, 0.1) is 19.9 Å². The average molecular weight is 355 g/mol. The zero-order valence-corrected chi connectivity index (χ0v) is 14.0. The van der Waals surface area contributed by atoms with Gasteiger partial charge in [-0.25, -0.2) is 0 Å². The number of benzene rings is 1. The Bertz CT molecular complexity index is 850. The summed E-state index contributed by atoms with van der Waals surface area (Å²) >= 11 is 0. The molecule has 0 bridgehead atoms. The molecule has 2 amide bonds. The fraction of sp³-hybridized carbons (Fsp3) is 0.167. The highest BCUT2D eigenvalue weighted by atomic mass is 16.5. The standard InChI is InChI=1S/C18H17N3O5/c1-24-16-8-12(4-5-15(16)26-11-17(20)22)7-13(9-19)18(23)21-10-14-3-2-6-25-14/h2-8H,10-11H2,1H3,(H2,20,22)(H,21,23)/b13-7-. The zero-order chi connectivity index (χ0) is 18.9. The van der Waals surface area contributed by atoms with Gasteiger partial charge in [0.15, 0.2) is 18.1 Å². The number of amides is 2. The van der Waals surface area contributed by atoms with Gasteiger partial charge in [-0.1, -0.05) is 6.07 Å². The molecule has 2 aromatic rings. The lowest BCUT2D eigenvalue weighted by Gasteiger charge is -2.10. The molecule has 0 saturated carbocycles. The molecular weight excluding hydrogens is 338 g/mol. The molecule has 2 rings (SSSR count). The summed E-state index contributed by atoms with van der Waals surface area (Å²) in [5, 5.41) is 11.8. The Morgan fingerprint density at radius 3 is 2.77 bits per heavy atom. The zero-order valence-electron chi connectivity index (χ0n) is 14.0. The molecule has 0 fully saturated rings. The predicted molar refractivity (Wildman–Crippen MR) is 91.8 cm³/mol. The first-order chi connectivity index (χ1) is 12.5. The number of nitrogens with zero attached hydrogens (tertiary/aromatic N) is 1. The highest BCUT2D eigenvalue weighted by molar-refractivity contribution is 6.01. The van der Waals surface area contributed by atoms with Gasteiger partial charge in [0.25, 0.3) is 11.8 Å². The second-order valence-corrected chi connectivity index (χ2v) is 5.10. The monoisotopic (exact) mass is 355 g/mol. The van der Waals surface area contributed by atoms with E-state index in [1.165, 1.54) is 19.4 Å². The van der Waals surface area contributed by atoms with Crippen molar-refractivity contribution in [1.29, 1.82) is 5.26 Å². The summed E-state index contributed by atoms with van der Waals surface area (Å²) in [5.41, 5.74) is 5.52. The highest BCUT2D eigenvalue weighted by Gasteiger charge is 2.11. The quantitative estimate of drug-likeness (QED) is 0.544. The molecule has 0 radical (unpaired) electrons. The number of nitriles is 1. The first kappa shape index (κ1) is 18.6. The third-order valence-electron chi connectivity index (χ3n) is 3.24. The van der Waals surface area contributed by atoms with Crippen molar-refractivity contribution in [2.24, 2.45) is 5.73 Å². The van der Waals surface area contributed by atoms with E-state index in [4.69, 9.17) is 19.6 Å². The Morgan fingerprint density at radius 1 is 1.35 bits per heavy atom. The number of carbonyl (C=O) groups is 2. The lowest BCUT2D eigenvalue weighted by molar-refractivity contribution is -0.120. The second kappa shape index (κ2) is 8.94. The lowest BCUT2D eigenvalue weighted by Crippen LogP contribution is -2.23. The van der Waals surface area contributed by atoms with Gasteiger partial charge < -0.3 is 24.9 Å². The molecule has 0 unspecified atom stereocenters. The molecule has 0 aliphatic carbocycles. The number of furan rings is 1. The van der Waals surface area contributed by atoms with Crippen LogP contribution in [0, 0.1) is 11.3 Å². The van der Waals surface area contributed by atoms with Crippen molar-refractivity contribution in [2.75, 3.05) is 13.7 Å². The molecular formula is C18H17N3O5. The minimum Gasteiger partial charge on any atom is -0.493 e. The fourth-order valence-corrected chi connectivity index (χ4v) is 2.03. The molecule has 3 N–H and O–H groups in total. The Kier molecular flexibility index (Phi) is 6.40. The van der Waals surface area contributed by atoms with Gasteiger partial charge in [0.1, 0.15) is 17.4 Å². The SMILES string of the molecule is COc1cc(/C=C(/C#N)C(=O)NCc2ccco2)ccc1OCC(N)=O. The number of nitrogens with two attached hydrogens (primary N) is 1. The van der Waals surface area contributed by atoms with Crippen molar-refractivity contribution in [2.45, 2.75) is 6.54 Å². The van der Waals surface area contributed by atoms with Crippen LogP contribution in [-0.4, -0.2) is 25.5 Å². The maximum atomic E-state index is 12.1. The summed E-state index contributed by atoms with van der Waals surface area (Å²) < 4.78 is 15.5. The van der Waals surface area contributed by atoms with Gasteiger partial charge in [-0.2, -0.15) is 5.26 Å². The molecule has 0 spiro atoms. The van der Waals surface area contributed by atoms with Crippen LogP contribution < -0.4 is 20.5 Å². The fourth-order valence-electron chi connectivity index (χ4n) is 2.03. The van der Waals surface area contributed by atoms with E-state index in [-0.39, 0.29) is 18.7 Å². The Hall–Kier alpha value is -3.73. The molecule has 0 saturated heterocycles. The topological polar surface area (TPSA) is 128 Å². The summed E-state index contributed by atoms with van der Waals surface area (Å²) in [6.07, 6.45) is 2.91. The van der Waals surface area contributed by atoms with Gasteiger partial charge in [0, 0.05) is 0 Å². The summed E-state index contributed by atoms with van der Waals surface area (Å²) in [6.45, 7) is -0.113. The van der Waals surface area contributed by atoms with Crippen molar-refractivity contribution in [3.63, 3.8) is 0 Å². The number of carbonyl (C=O) groups excluding carboxylic acids is 2. The molecule has 1 aromatic carbocycles. The minimum atomic E-state index is -0.615. The molecule has 8 heteroatoms. The van der Waals surface area contributed by atoms with E-state index in [0.717, 1.165) is 0 Å². The van der Waals surface area contributed by atoms with Crippen molar-refractivity contribution in [1.82, 2.24) is 5.32 Å². The van der Waals surface area contributed by atoms with Gasteiger partial charge in [-0.15, -0.1) is 0 Å². The van der Waals surface area contributed by atoms with Crippen LogP contribution >= 0.6 is 0 Å². The van der Waals surface area contributed by atoms with Gasteiger partial charge in [-0.05, 0) is 35.9 Å². The smallest absolute Gasteiger partial charge is 0.262 e. The number of rotatable bonds is 8. The largest absolute Gasteiger partial charge is 0.493 e. The summed E-state index contributed by atoms with van der Waals surface area (Å²) in [5.74, 6) is 0.0960. The third kappa shape index (κ3) is 5.14. The van der Waals surface area contributed by atoms with Crippen LogP contribution in [0.2, 0.25) is 0 Å². The van der Waals surface area contributed by atoms with Gasteiger partial charge >= 0.3 is 0 Å².